The molecule has 1 saturated carbocycles. The van der Waals surface area contributed by atoms with Crippen molar-refractivity contribution in [3.8, 4) is 11.4 Å². The highest BCUT2D eigenvalue weighted by Gasteiger charge is 2.33. The number of ether oxygens (including phenoxy) is 1. The Bertz CT molecular complexity index is 809. The molecule has 3 rings (SSSR count). The van der Waals surface area contributed by atoms with Crippen molar-refractivity contribution in [2.45, 2.75) is 51.3 Å². The topological polar surface area (TPSA) is 83.0 Å². The van der Waals surface area contributed by atoms with Crippen LogP contribution in [0.4, 0.5) is 0 Å². The van der Waals surface area contributed by atoms with Gasteiger partial charge in [-0.2, -0.15) is 0 Å². The van der Waals surface area contributed by atoms with E-state index in [1.54, 1.807) is 12.1 Å². The van der Waals surface area contributed by atoms with E-state index in [1.807, 2.05) is 12.1 Å². The second-order valence-corrected chi connectivity index (χ2v) is 9.21. The first-order valence-corrected chi connectivity index (χ1v) is 11.0. The van der Waals surface area contributed by atoms with Crippen LogP contribution in [0.1, 0.15) is 40.0 Å². The molecule has 1 heterocycles. The monoisotopic (exact) mass is 422 g/mol. The molecule has 0 amide bonds. The zero-order chi connectivity index (χ0) is 20.3. The van der Waals surface area contributed by atoms with Gasteiger partial charge < -0.3 is 10.6 Å². The molecule has 1 aliphatic rings. The normalized spacial score (nSPS) is 22.4. The molecule has 2 aromatic rings. The number of thioether (sulfide) groups is 1. The summed E-state index contributed by atoms with van der Waals surface area (Å²) in [6.07, 6.45) is 3.26. The Morgan fingerprint density at radius 3 is 2.71 bits per heavy atom. The molecule has 1 aromatic heterocycles. The quantitative estimate of drug-likeness (QED) is 0.421. The zero-order valence-corrected chi connectivity index (χ0v) is 18.0. The number of nitrogens with two attached hydrogens (primary N) is 1. The fourth-order valence-corrected chi connectivity index (χ4v) is 4.51. The second-order valence-electron chi connectivity index (χ2n) is 7.83. The standard InChI is InChI=1S/C20H27ClN4O2S/c1-12(2)16-9-4-13(3)10-17(16)27-18(26)11-28-20-24-23-19(25(20)22)14-5-7-15(21)8-6-14/h5-8,12-13,16-17H,4,9-11,22H2,1-3H3/t13-,16-,17+/m0/s1. The molecule has 1 fully saturated rings. The molecular formula is C20H27ClN4O2S. The van der Waals surface area contributed by atoms with Crippen LogP contribution in [0.15, 0.2) is 29.4 Å². The summed E-state index contributed by atoms with van der Waals surface area (Å²) >= 11 is 7.15. The summed E-state index contributed by atoms with van der Waals surface area (Å²) in [6.45, 7) is 6.62. The smallest absolute Gasteiger partial charge is 0.316 e. The van der Waals surface area contributed by atoms with Crippen molar-refractivity contribution < 1.29 is 9.53 Å². The van der Waals surface area contributed by atoms with E-state index in [2.05, 4.69) is 31.0 Å². The Morgan fingerprint density at radius 2 is 2.04 bits per heavy atom. The van der Waals surface area contributed by atoms with Crippen LogP contribution < -0.4 is 5.84 Å². The number of rotatable bonds is 6. The third kappa shape index (κ3) is 5.00. The van der Waals surface area contributed by atoms with E-state index in [0.29, 0.717) is 33.8 Å². The maximum Gasteiger partial charge on any atom is 0.316 e. The van der Waals surface area contributed by atoms with Crippen LogP contribution in [0.5, 0.6) is 0 Å². The van der Waals surface area contributed by atoms with Gasteiger partial charge in [0.05, 0.1) is 5.75 Å². The van der Waals surface area contributed by atoms with Crippen molar-refractivity contribution in [3.63, 3.8) is 0 Å². The van der Waals surface area contributed by atoms with Crippen molar-refractivity contribution in [1.29, 1.82) is 0 Å². The number of halogens is 1. The lowest BCUT2D eigenvalue weighted by Crippen LogP contribution is -2.36. The number of hydrogen-bond donors (Lipinski definition) is 1. The van der Waals surface area contributed by atoms with Gasteiger partial charge in [0.2, 0.25) is 5.16 Å². The summed E-state index contributed by atoms with van der Waals surface area (Å²) in [6, 6.07) is 7.20. The van der Waals surface area contributed by atoms with E-state index in [1.165, 1.54) is 22.9 Å². The molecule has 1 aliphatic carbocycles. The SMILES string of the molecule is CC(C)[C@@H]1CC[C@H](C)C[C@H]1OC(=O)CSc1nnc(-c2ccc(Cl)cc2)n1N. The Kier molecular flexibility index (Phi) is 6.88. The first-order chi connectivity index (χ1) is 13.3. The summed E-state index contributed by atoms with van der Waals surface area (Å²) in [7, 11) is 0. The van der Waals surface area contributed by atoms with Gasteiger partial charge in [0.1, 0.15) is 6.10 Å². The predicted octanol–water partition coefficient (Wildman–Crippen LogP) is 4.41. The van der Waals surface area contributed by atoms with E-state index in [-0.39, 0.29) is 17.8 Å². The summed E-state index contributed by atoms with van der Waals surface area (Å²) in [5.74, 6) is 8.09. The van der Waals surface area contributed by atoms with E-state index < -0.39 is 0 Å². The van der Waals surface area contributed by atoms with Crippen LogP contribution in [0.2, 0.25) is 5.02 Å². The van der Waals surface area contributed by atoms with Crippen LogP contribution >= 0.6 is 23.4 Å². The third-order valence-corrected chi connectivity index (χ3v) is 6.50. The molecule has 152 valence electrons. The van der Waals surface area contributed by atoms with Crippen LogP contribution in [0.3, 0.4) is 0 Å². The predicted molar refractivity (Wildman–Crippen MR) is 113 cm³/mol. The molecule has 8 heteroatoms. The number of carbonyl (C=O) groups excluding carboxylic acids is 1. The maximum absolute atomic E-state index is 12.4. The highest BCUT2D eigenvalue weighted by molar-refractivity contribution is 7.99. The van der Waals surface area contributed by atoms with Gasteiger partial charge in [0, 0.05) is 10.6 Å². The average molecular weight is 423 g/mol. The molecule has 0 bridgehead atoms. The molecule has 0 spiro atoms. The molecule has 2 N–H and O–H groups in total. The van der Waals surface area contributed by atoms with E-state index in [9.17, 15) is 4.79 Å². The maximum atomic E-state index is 12.4. The van der Waals surface area contributed by atoms with Crippen molar-refractivity contribution in [2.75, 3.05) is 11.6 Å². The minimum atomic E-state index is -0.231. The van der Waals surface area contributed by atoms with Crippen molar-refractivity contribution in [3.05, 3.63) is 29.3 Å². The first kappa shape index (κ1) is 21.0. The largest absolute Gasteiger partial charge is 0.461 e. The fraction of sp³-hybridized carbons (Fsp3) is 0.550. The molecule has 6 nitrogen and oxygen atoms in total. The number of hydrogen-bond acceptors (Lipinski definition) is 6. The Labute approximate surface area is 175 Å². The van der Waals surface area contributed by atoms with Gasteiger partial charge >= 0.3 is 5.97 Å². The van der Waals surface area contributed by atoms with Gasteiger partial charge in [-0.3, -0.25) is 4.79 Å². The van der Waals surface area contributed by atoms with E-state index in [4.69, 9.17) is 22.2 Å². The van der Waals surface area contributed by atoms with Crippen molar-refractivity contribution >= 4 is 29.3 Å². The first-order valence-electron chi connectivity index (χ1n) is 9.63. The zero-order valence-electron chi connectivity index (χ0n) is 16.5. The number of nitrogens with zero attached hydrogens (tertiary/aromatic N) is 3. The molecule has 3 atom stereocenters. The lowest BCUT2D eigenvalue weighted by Gasteiger charge is -2.36. The minimum Gasteiger partial charge on any atom is -0.461 e. The van der Waals surface area contributed by atoms with E-state index >= 15 is 0 Å². The summed E-state index contributed by atoms with van der Waals surface area (Å²) < 4.78 is 7.22. The number of aromatic nitrogens is 3. The van der Waals surface area contributed by atoms with Gasteiger partial charge in [-0.05, 0) is 54.9 Å². The van der Waals surface area contributed by atoms with Gasteiger partial charge in [-0.25, -0.2) is 4.68 Å². The molecule has 0 radical (unpaired) electrons. The second kappa shape index (κ2) is 9.18. The van der Waals surface area contributed by atoms with Crippen molar-refractivity contribution in [2.24, 2.45) is 17.8 Å². The molecule has 0 saturated heterocycles. The number of nitrogen functional groups attached to an aromatic ring is 1. The fourth-order valence-electron chi connectivity index (χ4n) is 3.75. The van der Waals surface area contributed by atoms with Crippen molar-refractivity contribution in [1.82, 2.24) is 14.9 Å². The third-order valence-electron chi connectivity index (χ3n) is 5.33. The lowest BCUT2D eigenvalue weighted by atomic mass is 9.75. The van der Waals surface area contributed by atoms with Gasteiger partial charge in [0.15, 0.2) is 5.82 Å². The number of carbonyl (C=O) groups is 1. The van der Waals surface area contributed by atoms with Crippen LogP contribution in [-0.4, -0.2) is 32.7 Å². The Morgan fingerprint density at radius 1 is 1.32 bits per heavy atom. The molecular weight excluding hydrogens is 396 g/mol. The molecule has 0 unspecified atom stereocenters. The van der Waals surface area contributed by atoms with Crippen LogP contribution in [-0.2, 0) is 9.53 Å². The van der Waals surface area contributed by atoms with Gasteiger partial charge in [-0.1, -0.05) is 50.6 Å². The molecule has 0 aliphatic heterocycles. The van der Waals surface area contributed by atoms with Gasteiger partial charge in [-0.15, -0.1) is 10.2 Å². The van der Waals surface area contributed by atoms with E-state index in [0.717, 1.165) is 18.4 Å². The summed E-state index contributed by atoms with van der Waals surface area (Å²) in [4.78, 5) is 12.4. The average Bonchev–Trinajstić information content (AvgIpc) is 3.01. The number of esters is 1. The van der Waals surface area contributed by atoms with Gasteiger partial charge in [0.25, 0.3) is 0 Å². The highest BCUT2D eigenvalue weighted by atomic mass is 35.5. The number of benzene rings is 1. The van der Waals surface area contributed by atoms with Crippen LogP contribution in [0.25, 0.3) is 11.4 Å². The highest BCUT2D eigenvalue weighted by Crippen LogP contribution is 2.35. The summed E-state index contributed by atoms with van der Waals surface area (Å²) in [5, 5.41) is 9.34. The Balaban J connectivity index is 1.59. The minimum absolute atomic E-state index is 0.00257. The molecule has 28 heavy (non-hydrogen) atoms. The molecule has 1 aromatic carbocycles. The lowest BCUT2D eigenvalue weighted by molar-refractivity contribution is -0.152. The Hall–Kier alpha value is -1.73. The van der Waals surface area contributed by atoms with Crippen LogP contribution in [0, 0.1) is 17.8 Å². The summed E-state index contributed by atoms with van der Waals surface area (Å²) in [5.41, 5.74) is 0.810.